The number of ether oxygens (including phenoxy) is 1. The maximum Gasteiger partial charge on any atom is 0.409 e. The normalized spacial score (nSPS) is 24.8. The fourth-order valence-corrected chi connectivity index (χ4v) is 4.16. The number of aromatic amines is 1. The lowest BCUT2D eigenvalue weighted by molar-refractivity contribution is 0.0536. The molecule has 0 bridgehead atoms. The largest absolute Gasteiger partial charge is 0.453 e. The van der Waals surface area contributed by atoms with E-state index in [1.807, 2.05) is 6.20 Å². The number of hydrogen-bond donors (Lipinski definition) is 1. The summed E-state index contributed by atoms with van der Waals surface area (Å²) in [6.07, 6.45) is 3.84. The van der Waals surface area contributed by atoms with E-state index in [0.717, 1.165) is 43.4 Å². The van der Waals surface area contributed by atoms with E-state index in [1.54, 1.807) is 17.0 Å². The molecule has 2 unspecified atom stereocenters. The maximum absolute atomic E-state index is 13.7. The molecule has 1 aromatic heterocycles. The molecule has 6 nitrogen and oxygen atoms in total. The van der Waals surface area contributed by atoms with E-state index in [-0.39, 0.29) is 18.1 Å². The molecule has 2 aliphatic rings. The number of aromatic nitrogens is 1. The van der Waals surface area contributed by atoms with Crippen LogP contribution in [0.3, 0.4) is 0 Å². The fourth-order valence-electron chi connectivity index (χ4n) is 4.16. The van der Waals surface area contributed by atoms with Crippen LogP contribution >= 0.6 is 0 Å². The van der Waals surface area contributed by atoms with Gasteiger partial charge in [0.15, 0.2) is 0 Å². The van der Waals surface area contributed by atoms with Gasteiger partial charge >= 0.3 is 6.09 Å². The molecule has 139 valence electrons. The van der Waals surface area contributed by atoms with Gasteiger partial charge in [0.2, 0.25) is 0 Å². The fraction of sp³-hybridized carbons (Fsp3) is 0.526. The zero-order chi connectivity index (χ0) is 18.1. The molecule has 3 heterocycles. The number of methoxy groups -OCH3 is 1. The number of fused-ring (bicyclic) bond motifs is 1. The van der Waals surface area contributed by atoms with Crippen LogP contribution in [0.15, 0.2) is 24.4 Å². The number of carbonyl (C=O) groups excluding carboxylic acids is 1. The number of H-pyrrole nitrogens is 1. The number of rotatable bonds is 2. The topological polar surface area (TPSA) is 62.7 Å². The molecule has 1 radical (unpaired) electrons. The van der Waals surface area contributed by atoms with Crippen LogP contribution < -0.4 is 5.32 Å². The summed E-state index contributed by atoms with van der Waals surface area (Å²) < 4.78 is 18.5. The van der Waals surface area contributed by atoms with E-state index in [2.05, 4.69) is 9.88 Å². The summed E-state index contributed by atoms with van der Waals surface area (Å²) in [6, 6.07) is 4.91. The highest BCUT2D eigenvalue weighted by Gasteiger charge is 2.32. The van der Waals surface area contributed by atoms with Gasteiger partial charge in [-0.3, -0.25) is 4.90 Å². The van der Waals surface area contributed by atoms with E-state index in [0.29, 0.717) is 19.0 Å². The number of nitrogens with one attached hydrogen (secondary N) is 1. The van der Waals surface area contributed by atoms with E-state index >= 15 is 0 Å². The van der Waals surface area contributed by atoms with Gasteiger partial charge in [0.05, 0.1) is 13.3 Å². The Balaban J connectivity index is 1.44. The van der Waals surface area contributed by atoms with Crippen molar-refractivity contribution in [1.29, 1.82) is 0 Å². The smallest absolute Gasteiger partial charge is 0.409 e. The van der Waals surface area contributed by atoms with Crippen molar-refractivity contribution in [2.75, 3.05) is 39.8 Å². The molecule has 1 N–H and O–H groups in total. The zero-order valence-electron chi connectivity index (χ0n) is 14.9. The monoisotopic (exact) mass is 359 g/mol. The van der Waals surface area contributed by atoms with E-state index in [4.69, 9.17) is 10.1 Å². The zero-order valence-corrected chi connectivity index (χ0v) is 14.9. The Morgan fingerprint density at radius 2 is 2.12 bits per heavy atom. The van der Waals surface area contributed by atoms with E-state index < -0.39 is 0 Å². The quantitative estimate of drug-likeness (QED) is 0.896. The molecule has 2 aliphatic heterocycles. The summed E-state index contributed by atoms with van der Waals surface area (Å²) in [7, 11) is 1.42. The van der Waals surface area contributed by atoms with Crippen molar-refractivity contribution in [2.24, 2.45) is 0 Å². The van der Waals surface area contributed by atoms with Gasteiger partial charge in [0.1, 0.15) is 5.82 Å². The second-order valence-electron chi connectivity index (χ2n) is 7.04. The lowest BCUT2D eigenvalue weighted by atomic mass is 9.88. The van der Waals surface area contributed by atoms with Gasteiger partial charge in [0.25, 0.3) is 0 Å². The Morgan fingerprint density at radius 3 is 2.88 bits per heavy atom. The Labute approximate surface area is 152 Å². The third kappa shape index (κ3) is 3.29. The standard InChI is InChI=1S/C19H24FN4O2/c1-26-19(25)24-8-6-23(7-9-24)18-10-13(4-5-21-18)16-12-22-17-3-2-14(20)11-15(16)17/h2-3,11-13,18,22H,4-10H2,1H3. The van der Waals surface area contributed by atoms with Crippen molar-refractivity contribution in [3.05, 3.63) is 35.8 Å². The van der Waals surface area contributed by atoms with E-state index in [1.165, 1.54) is 18.7 Å². The minimum atomic E-state index is -0.260. The number of nitrogens with zero attached hydrogens (tertiary/aromatic N) is 3. The Hall–Kier alpha value is -2.12. The van der Waals surface area contributed by atoms with Crippen molar-refractivity contribution in [2.45, 2.75) is 24.9 Å². The van der Waals surface area contributed by atoms with Gasteiger partial charge in [-0.25, -0.2) is 14.5 Å². The van der Waals surface area contributed by atoms with Crippen molar-refractivity contribution < 1.29 is 13.9 Å². The van der Waals surface area contributed by atoms with Crippen molar-refractivity contribution >= 4 is 17.0 Å². The van der Waals surface area contributed by atoms with E-state index in [9.17, 15) is 9.18 Å². The summed E-state index contributed by atoms with van der Waals surface area (Å²) in [5.41, 5.74) is 2.17. The molecule has 0 aliphatic carbocycles. The van der Waals surface area contributed by atoms with Gasteiger partial charge < -0.3 is 14.6 Å². The predicted molar refractivity (Wildman–Crippen MR) is 96.6 cm³/mol. The van der Waals surface area contributed by atoms with Gasteiger partial charge in [-0.15, -0.1) is 0 Å². The van der Waals surface area contributed by atoms with Crippen LogP contribution in [0.4, 0.5) is 9.18 Å². The number of hydrogen-bond acceptors (Lipinski definition) is 3. The van der Waals surface area contributed by atoms with Crippen LogP contribution in [0.5, 0.6) is 0 Å². The Kier molecular flexibility index (Phi) is 4.82. The molecule has 0 saturated carbocycles. The van der Waals surface area contributed by atoms with Crippen LogP contribution in [0.2, 0.25) is 0 Å². The predicted octanol–water partition coefficient (Wildman–Crippen LogP) is 2.50. The molecule has 7 heteroatoms. The molecule has 4 rings (SSSR count). The average Bonchev–Trinajstić information content (AvgIpc) is 3.10. The average molecular weight is 359 g/mol. The minimum absolute atomic E-state index is 0.159. The number of carbonyl (C=O) groups is 1. The van der Waals surface area contributed by atoms with Crippen LogP contribution in [-0.2, 0) is 4.74 Å². The summed E-state index contributed by atoms with van der Waals surface area (Å²) in [6.45, 7) is 3.76. The molecule has 2 atom stereocenters. The molecule has 1 amide bonds. The number of benzene rings is 1. The van der Waals surface area contributed by atoms with Gasteiger partial charge in [-0.05, 0) is 42.5 Å². The lowest BCUT2D eigenvalue weighted by Gasteiger charge is -2.41. The molecule has 26 heavy (non-hydrogen) atoms. The second-order valence-corrected chi connectivity index (χ2v) is 7.04. The lowest BCUT2D eigenvalue weighted by Crippen LogP contribution is -2.55. The summed E-state index contributed by atoms with van der Waals surface area (Å²) in [5, 5.41) is 5.79. The number of piperazine rings is 1. The van der Waals surface area contributed by atoms with Crippen molar-refractivity contribution in [1.82, 2.24) is 20.1 Å². The molecular weight excluding hydrogens is 335 g/mol. The van der Waals surface area contributed by atoms with Crippen LogP contribution in [0.25, 0.3) is 10.9 Å². The molecule has 2 fully saturated rings. The first-order valence-electron chi connectivity index (χ1n) is 9.16. The Morgan fingerprint density at radius 1 is 1.31 bits per heavy atom. The van der Waals surface area contributed by atoms with Gasteiger partial charge in [-0.2, -0.15) is 0 Å². The first kappa shape index (κ1) is 17.3. The molecular formula is C19H24FN4O2. The van der Waals surface area contributed by atoms with Gasteiger partial charge in [0, 0.05) is 49.8 Å². The SMILES string of the molecule is COC(=O)N1CCN(C2CC(c3c[nH]c4ccc(F)cc34)CC[N]2)CC1. The van der Waals surface area contributed by atoms with Crippen LogP contribution in [-0.4, -0.2) is 66.9 Å². The number of halogens is 1. The first-order chi connectivity index (χ1) is 12.7. The summed E-state index contributed by atoms with van der Waals surface area (Å²) >= 11 is 0. The van der Waals surface area contributed by atoms with Crippen LogP contribution in [0.1, 0.15) is 24.3 Å². The number of amides is 1. The third-order valence-electron chi connectivity index (χ3n) is 5.60. The highest BCUT2D eigenvalue weighted by molar-refractivity contribution is 5.83. The molecule has 0 spiro atoms. The maximum atomic E-state index is 13.7. The molecule has 1 aromatic carbocycles. The third-order valence-corrected chi connectivity index (χ3v) is 5.60. The van der Waals surface area contributed by atoms with Crippen molar-refractivity contribution in [3.63, 3.8) is 0 Å². The minimum Gasteiger partial charge on any atom is -0.453 e. The first-order valence-corrected chi connectivity index (χ1v) is 9.16. The van der Waals surface area contributed by atoms with Crippen molar-refractivity contribution in [3.8, 4) is 0 Å². The second kappa shape index (κ2) is 7.25. The summed E-state index contributed by atoms with van der Waals surface area (Å²) in [4.78, 5) is 19.0. The van der Waals surface area contributed by atoms with Crippen LogP contribution in [0, 0.1) is 5.82 Å². The molecule has 2 saturated heterocycles. The highest BCUT2D eigenvalue weighted by atomic mass is 19.1. The highest BCUT2D eigenvalue weighted by Crippen LogP contribution is 2.34. The summed E-state index contributed by atoms with van der Waals surface area (Å²) in [5.74, 6) is 0.168. The molecule has 2 aromatic rings. The number of piperidine rings is 1. The van der Waals surface area contributed by atoms with Gasteiger partial charge in [-0.1, -0.05) is 0 Å². The Bertz CT molecular complexity index is 785.